The van der Waals surface area contributed by atoms with Gasteiger partial charge in [0.2, 0.25) is 0 Å². The van der Waals surface area contributed by atoms with Crippen LogP contribution in [-0.2, 0) is 11.3 Å². The van der Waals surface area contributed by atoms with E-state index in [0.717, 1.165) is 49.0 Å². The topological polar surface area (TPSA) is 44.7 Å². The van der Waals surface area contributed by atoms with Gasteiger partial charge in [-0.05, 0) is 24.2 Å². The Kier molecular flexibility index (Phi) is 5.60. The van der Waals surface area contributed by atoms with E-state index in [1.54, 1.807) is 0 Å². The molecule has 4 nitrogen and oxygen atoms in total. The van der Waals surface area contributed by atoms with E-state index in [2.05, 4.69) is 10.2 Å². The number of aliphatic hydroxyl groups is 1. The number of ether oxygens (including phenoxy) is 1. The average Bonchev–Trinajstić information content (AvgIpc) is 2.42. The van der Waals surface area contributed by atoms with Crippen LogP contribution in [0.3, 0.4) is 0 Å². The Morgan fingerprint density at radius 2 is 2.16 bits per heavy atom. The molecule has 19 heavy (non-hydrogen) atoms. The van der Waals surface area contributed by atoms with Crippen molar-refractivity contribution >= 4 is 11.6 Å². The van der Waals surface area contributed by atoms with Crippen molar-refractivity contribution in [3.05, 3.63) is 34.3 Å². The highest BCUT2D eigenvalue weighted by Gasteiger charge is 2.14. The summed E-state index contributed by atoms with van der Waals surface area (Å²) in [4.78, 5) is 2.33. The van der Waals surface area contributed by atoms with Gasteiger partial charge >= 0.3 is 0 Å². The van der Waals surface area contributed by atoms with Crippen LogP contribution in [0.25, 0.3) is 0 Å². The predicted octanol–water partition coefficient (Wildman–Crippen LogP) is 1.43. The molecule has 0 spiro atoms. The molecule has 1 aliphatic rings. The van der Waals surface area contributed by atoms with Crippen LogP contribution in [0.1, 0.15) is 17.2 Å². The molecule has 1 unspecified atom stereocenters. The van der Waals surface area contributed by atoms with Gasteiger partial charge in [0.1, 0.15) is 0 Å². The van der Waals surface area contributed by atoms with E-state index in [4.69, 9.17) is 16.3 Å². The van der Waals surface area contributed by atoms with Gasteiger partial charge in [-0.3, -0.25) is 4.90 Å². The molecule has 0 aliphatic carbocycles. The predicted molar refractivity (Wildman–Crippen MR) is 76.4 cm³/mol. The van der Waals surface area contributed by atoms with Crippen LogP contribution in [0.4, 0.5) is 0 Å². The third-order valence-electron chi connectivity index (χ3n) is 3.36. The van der Waals surface area contributed by atoms with Crippen molar-refractivity contribution in [3.63, 3.8) is 0 Å². The van der Waals surface area contributed by atoms with Gasteiger partial charge in [0.25, 0.3) is 0 Å². The van der Waals surface area contributed by atoms with Gasteiger partial charge in [-0.2, -0.15) is 0 Å². The third-order valence-corrected chi connectivity index (χ3v) is 3.71. The molecule has 0 amide bonds. The minimum absolute atomic E-state index is 0.514. The highest BCUT2D eigenvalue weighted by atomic mass is 35.5. The zero-order valence-corrected chi connectivity index (χ0v) is 12.0. The molecule has 2 N–H and O–H groups in total. The average molecular weight is 285 g/mol. The molecular formula is C14H21ClN2O2. The molecule has 1 aromatic carbocycles. The SMILES string of the molecule is CNCC(O)c1ccc(CN2CCOCC2)c(Cl)c1. The molecule has 1 heterocycles. The summed E-state index contributed by atoms with van der Waals surface area (Å²) in [6.07, 6.45) is -0.514. The second-order valence-electron chi connectivity index (χ2n) is 4.81. The first-order valence-corrected chi connectivity index (χ1v) is 6.99. The molecule has 0 aromatic heterocycles. The number of nitrogens with one attached hydrogen (secondary N) is 1. The molecule has 1 aliphatic heterocycles. The number of aliphatic hydroxyl groups excluding tert-OH is 1. The zero-order chi connectivity index (χ0) is 13.7. The molecule has 2 rings (SSSR count). The largest absolute Gasteiger partial charge is 0.387 e. The van der Waals surface area contributed by atoms with Gasteiger partial charge in [0, 0.05) is 31.2 Å². The molecule has 0 saturated carbocycles. The standard InChI is InChI=1S/C14H21ClN2O2/c1-16-9-14(18)11-2-3-12(13(15)8-11)10-17-4-6-19-7-5-17/h2-3,8,14,16,18H,4-7,9-10H2,1H3. The molecule has 1 atom stereocenters. The van der Waals surface area contributed by atoms with Crippen LogP contribution in [-0.4, -0.2) is 49.9 Å². The van der Waals surface area contributed by atoms with Gasteiger partial charge < -0.3 is 15.2 Å². The van der Waals surface area contributed by atoms with Crippen LogP contribution in [0.2, 0.25) is 5.02 Å². The number of halogens is 1. The lowest BCUT2D eigenvalue weighted by Gasteiger charge is -2.27. The maximum atomic E-state index is 9.91. The van der Waals surface area contributed by atoms with Crippen molar-refractivity contribution in [1.82, 2.24) is 10.2 Å². The number of benzene rings is 1. The van der Waals surface area contributed by atoms with Crippen LogP contribution >= 0.6 is 11.6 Å². The molecular weight excluding hydrogens is 264 g/mol. The van der Waals surface area contributed by atoms with Crippen molar-refractivity contribution in [3.8, 4) is 0 Å². The number of hydrogen-bond acceptors (Lipinski definition) is 4. The summed E-state index contributed by atoms with van der Waals surface area (Å²) in [5.74, 6) is 0. The summed E-state index contributed by atoms with van der Waals surface area (Å²) < 4.78 is 5.33. The Balaban J connectivity index is 2.01. The summed E-state index contributed by atoms with van der Waals surface area (Å²) in [6, 6.07) is 5.81. The number of likely N-dealkylation sites (N-methyl/N-ethyl adjacent to an activating group) is 1. The van der Waals surface area contributed by atoms with E-state index < -0.39 is 6.10 Å². The summed E-state index contributed by atoms with van der Waals surface area (Å²) in [7, 11) is 1.82. The third kappa shape index (κ3) is 4.16. The van der Waals surface area contributed by atoms with Gasteiger partial charge in [-0.1, -0.05) is 23.7 Å². The van der Waals surface area contributed by atoms with Gasteiger partial charge in [0.05, 0.1) is 19.3 Å². The van der Waals surface area contributed by atoms with Crippen LogP contribution < -0.4 is 5.32 Å². The minimum atomic E-state index is -0.514. The number of hydrogen-bond donors (Lipinski definition) is 2. The lowest BCUT2D eigenvalue weighted by atomic mass is 10.1. The quantitative estimate of drug-likeness (QED) is 0.859. The van der Waals surface area contributed by atoms with Crippen LogP contribution in [0, 0.1) is 0 Å². The monoisotopic (exact) mass is 284 g/mol. The van der Waals surface area contributed by atoms with Crippen molar-refractivity contribution < 1.29 is 9.84 Å². The Morgan fingerprint density at radius 3 is 2.79 bits per heavy atom. The zero-order valence-electron chi connectivity index (χ0n) is 11.2. The van der Waals surface area contributed by atoms with E-state index in [1.807, 2.05) is 25.2 Å². The summed E-state index contributed by atoms with van der Waals surface area (Å²) >= 11 is 6.30. The maximum Gasteiger partial charge on any atom is 0.0914 e. The highest BCUT2D eigenvalue weighted by Crippen LogP contribution is 2.23. The van der Waals surface area contributed by atoms with Crippen molar-refractivity contribution in [1.29, 1.82) is 0 Å². The second kappa shape index (κ2) is 7.22. The molecule has 5 heteroatoms. The molecule has 106 valence electrons. The molecule has 1 aromatic rings. The number of rotatable bonds is 5. The van der Waals surface area contributed by atoms with Gasteiger partial charge in [0.15, 0.2) is 0 Å². The first kappa shape index (κ1) is 14.8. The number of nitrogens with zero attached hydrogens (tertiary/aromatic N) is 1. The fraction of sp³-hybridized carbons (Fsp3) is 0.571. The number of morpholine rings is 1. The minimum Gasteiger partial charge on any atom is -0.387 e. The maximum absolute atomic E-state index is 9.91. The Morgan fingerprint density at radius 1 is 1.42 bits per heavy atom. The summed E-state index contributed by atoms with van der Waals surface area (Å²) in [6.45, 7) is 4.83. The molecule has 0 radical (unpaired) electrons. The summed E-state index contributed by atoms with van der Waals surface area (Å²) in [5, 5.41) is 13.6. The Hall–Kier alpha value is -0.650. The van der Waals surface area contributed by atoms with E-state index in [0.29, 0.717) is 6.54 Å². The van der Waals surface area contributed by atoms with E-state index in [9.17, 15) is 5.11 Å². The summed E-state index contributed by atoms with van der Waals surface area (Å²) in [5.41, 5.74) is 1.95. The fourth-order valence-corrected chi connectivity index (χ4v) is 2.46. The van der Waals surface area contributed by atoms with Gasteiger partial charge in [-0.25, -0.2) is 0 Å². The molecule has 1 fully saturated rings. The second-order valence-corrected chi connectivity index (χ2v) is 5.22. The first-order valence-electron chi connectivity index (χ1n) is 6.62. The van der Waals surface area contributed by atoms with Crippen molar-refractivity contribution in [2.24, 2.45) is 0 Å². The van der Waals surface area contributed by atoms with Crippen LogP contribution in [0.5, 0.6) is 0 Å². The van der Waals surface area contributed by atoms with E-state index >= 15 is 0 Å². The van der Waals surface area contributed by atoms with Gasteiger partial charge in [-0.15, -0.1) is 0 Å². The fourth-order valence-electron chi connectivity index (χ4n) is 2.21. The molecule has 1 saturated heterocycles. The lowest BCUT2D eigenvalue weighted by Crippen LogP contribution is -2.35. The Labute approximate surface area is 119 Å². The van der Waals surface area contributed by atoms with E-state index in [-0.39, 0.29) is 0 Å². The van der Waals surface area contributed by atoms with E-state index in [1.165, 1.54) is 0 Å². The van der Waals surface area contributed by atoms with Crippen LogP contribution in [0.15, 0.2) is 18.2 Å². The lowest BCUT2D eigenvalue weighted by molar-refractivity contribution is 0.0342. The normalized spacial score (nSPS) is 18.5. The first-order chi connectivity index (χ1) is 9.20. The smallest absolute Gasteiger partial charge is 0.0914 e. The van der Waals surface area contributed by atoms with Crippen molar-refractivity contribution in [2.45, 2.75) is 12.6 Å². The highest BCUT2D eigenvalue weighted by molar-refractivity contribution is 6.31. The van der Waals surface area contributed by atoms with Crippen molar-refractivity contribution in [2.75, 3.05) is 39.9 Å². The Bertz CT molecular complexity index is 408. The molecule has 0 bridgehead atoms.